The summed E-state index contributed by atoms with van der Waals surface area (Å²) in [5, 5.41) is 7.81. The Kier molecular flexibility index (Phi) is 8.43. The number of fused-ring (bicyclic) bond motifs is 1. The maximum atomic E-state index is 13.4. The molecule has 0 saturated carbocycles. The molecule has 0 unspecified atom stereocenters. The highest BCUT2D eigenvalue weighted by molar-refractivity contribution is 7.90. The van der Waals surface area contributed by atoms with E-state index in [9.17, 15) is 12.8 Å². The van der Waals surface area contributed by atoms with E-state index in [0.717, 1.165) is 30.5 Å². The van der Waals surface area contributed by atoms with Gasteiger partial charge < -0.3 is 15.4 Å². The van der Waals surface area contributed by atoms with Crippen LogP contribution in [0.5, 0.6) is 5.75 Å². The number of thiophene rings is 2. The molecule has 0 aliphatic rings. The molecule has 7 nitrogen and oxygen atoms in total. The zero-order valence-corrected chi connectivity index (χ0v) is 24.0. The Hall–Kier alpha value is -3.09. The lowest BCUT2D eigenvalue weighted by atomic mass is 10.2. The predicted molar refractivity (Wildman–Crippen MR) is 158 cm³/mol. The third-order valence-electron chi connectivity index (χ3n) is 5.66. The van der Waals surface area contributed by atoms with Crippen molar-refractivity contribution in [2.45, 2.75) is 13.2 Å². The summed E-state index contributed by atoms with van der Waals surface area (Å²) in [6.45, 7) is 1.24. The Morgan fingerprint density at radius 3 is 2.69 bits per heavy atom. The van der Waals surface area contributed by atoms with Crippen LogP contribution in [0.4, 0.5) is 15.9 Å². The van der Waals surface area contributed by atoms with Crippen molar-refractivity contribution in [3.63, 3.8) is 0 Å². The fourth-order valence-corrected chi connectivity index (χ4v) is 6.58. The van der Waals surface area contributed by atoms with E-state index in [-0.39, 0.29) is 18.2 Å². The van der Waals surface area contributed by atoms with Crippen LogP contribution in [-0.4, -0.2) is 36.9 Å². The average Bonchev–Trinajstić information content (AvgIpc) is 3.53. The molecule has 0 fully saturated rings. The molecule has 0 aliphatic heterocycles. The number of benzene rings is 2. The first-order valence-electron chi connectivity index (χ1n) is 11.9. The van der Waals surface area contributed by atoms with Gasteiger partial charge in [-0.25, -0.2) is 22.8 Å². The Balaban J connectivity index is 1.26. The Morgan fingerprint density at radius 2 is 1.90 bits per heavy atom. The highest BCUT2D eigenvalue weighted by Gasteiger charge is 2.13. The van der Waals surface area contributed by atoms with Crippen molar-refractivity contribution < 1.29 is 17.5 Å². The number of aromatic nitrogens is 2. The summed E-state index contributed by atoms with van der Waals surface area (Å²) < 4.78 is 41.8. The van der Waals surface area contributed by atoms with Crippen LogP contribution in [0.1, 0.15) is 10.4 Å². The number of halogens is 2. The monoisotopic (exact) mass is 602 g/mol. The summed E-state index contributed by atoms with van der Waals surface area (Å²) >= 11 is 9.69. The highest BCUT2D eigenvalue weighted by atomic mass is 35.5. The van der Waals surface area contributed by atoms with Crippen LogP contribution in [0, 0.1) is 5.82 Å². The molecule has 39 heavy (non-hydrogen) atoms. The summed E-state index contributed by atoms with van der Waals surface area (Å²) in [4.78, 5) is 13.0. The quantitative estimate of drug-likeness (QED) is 0.163. The van der Waals surface area contributed by atoms with E-state index in [1.54, 1.807) is 46.9 Å². The van der Waals surface area contributed by atoms with E-state index in [4.69, 9.17) is 16.3 Å². The number of ether oxygens (including phenoxy) is 1. The average molecular weight is 603 g/mol. The zero-order chi connectivity index (χ0) is 27.4. The maximum Gasteiger partial charge on any atom is 0.148 e. The molecule has 3 heterocycles. The van der Waals surface area contributed by atoms with Gasteiger partial charge in [0.25, 0.3) is 0 Å². The lowest BCUT2D eigenvalue weighted by molar-refractivity contribution is 0.306. The summed E-state index contributed by atoms with van der Waals surface area (Å²) in [5.41, 5.74) is 1.45. The van der Waals surface area contributed by atoms with Crippen LogP contribution in [0.2, 0.25) is 5.02 Å². The standard InChI is InChI=1S/C27H24ClFN4O3S3/c1-39(34,35)10-9-30-14-20-6-8-24(37-20)25-13-21-26(31-16-32-27(21)38-25)33-19-5-7-23(22(28)12-19)36-15-17-3-2-4-18(29)11-17/h2-8,11-13,16,30H,9-10,14-15H2,1H3,(H,31,32,33). The van der Waals surface area contributed by atoms with Gasteiger partial charge >= 0.3 is 0 Å². The zero-order valence-electron chi connectivity index (χ0n) is 20.8. The van der Waals surface area contributed by atoms with Gasteiger partial charge in [-0.1, -0.05) is 23.7 Å². The van der Waals surface area contributed by atoms with Crippen LogP contribution in [0.25, 0.3) is 20.0 Å². The second kappa shape index (κ2) is 12.0. The lowest BCUT2D eigenvalue weighted by Crippen LogP contribution is -2.21. The molecule has 5 aromatic rings. The molecular formula is C27H24ClFN4O3S3. The molecule has 0 aliphatic carbocycles. The minimum Gasteiger partial charge on any atom is -0.487 e. The number of hydrogen-bond donors (Lipinski definition) is 2. The molecule has 3 aromatic heterocycles. The van der Waals surface area contributed by atoms with Crippen molar-refractivity contribution in [1.29, 1.82) is 0 Å². The fraction of sp³-hybridized carbons (Fsp3) is 0.185. The molecule has 0 spiro atoms. The molecule has 0 bridgehead atoms. The number of sulfone groups is 1. The first kappa shape index (κ1) is 27.5. The Morgan fingerprint density at radius 1 is 1.03 bits per heavy atom. The van der Waals surface area contributed by atoms with Crippen molar-refractivity contribution in [1.82, 2.24) is 15.3 Å². The van der Waals surface area contributed by atoms with Gasteiger partial charge in [0.2, 0.25) is 0 Å². The van der Waals surface area contributed by atoms with E-state index in [1.165, 1.54) is 24.7 Å². The van der Waals surface area contributed by atoms with Crippen LogP contribution in [0.15, 0.2) is 67.0 Å². The summed E-state index contributed by atoms with van der Waals surface area (Å²) in [7, 11) is -2.98. The van der Waals surface area contributed by atoms with Crippen molar-refractivity contribution >= 4 is 65.8 Å². The van der Waals surface area contributed by atoms with Crippen molar-refractivity contribution in [2.24, 2.45) is 0 Å². The molecule has 2 aromatic carbocycles. The van der Waals surface area contributed by atoms with Gasteiger partial charge in [-0.2, -0.15) is 0 Å². The first-order valence-corrected chi connectivity index (χ1v) is 16.0. The van der Waals surface area contributed by atoms with E-state index in [0.29, 0.717) is 35.2 Å². The Labute approximate surface area is 238 Å². The van der Waals surface area contributed by atoms with Crippen molar-refractivity contribution in [3.8, 4) is 15.5 Å². The van der Waals surface area contributed by atoms with Crippen LogP contribution < -0.4 is 15.4 Å². The molecule has 0 atom stereocenters. The van der Waals surface area contributed by atoms with Crippen molar-refractivity contribution in [2.75, 3.05) is 23.9 Å². The van der Waals surface area contributed by atoms with Gasteiger partial charge in [0, 0.05) is 39.7 Å². The normalized spacial score (nSPS) is 11.7. The van der Waals surface area contributed by atoms with E-state index >= 15 is 0 Å². The second-order valence-corrected chi connectivity index (χ2v) is 13.7. The van der Waals surface area contributed by atoms with Crippen LogP contribution in [0.3, 0.4) is 0 Å². The number of hydrogen-bond acceptors (Lipinski definition) is 9. The fourth-order valence-electron chi connectivity index (χ4n) is 3.77. The van der Waals surface area contributed by atoms with Gasteiger partial charge in [0.1, 0.15) is 45.0 Å². The number of rotatable bonds is 11. The third-order valence-corrected chi connectivity index (χ3v) is 9.23. The molecule has 5 rings (SSSR count). The second-order valence-electron chi connectivity index (χ2n) is 8.81. The highest BCUT2D eigenvalue weighted by Crippen LogP contribution is 2.39. The van der Waals surface area contributed by atoms with E-state index in [1.807, 2.05) is 12.1 Å². The smallest absolute Gasteiger partial charge is 0.148 e. The number of anilines is 2. The molecular weight excluding hydrogens is 579 g/mol. The number of nitrogens with one attached hydrogen (secondary N) is 2. The first-order chi connectivity index (χ1) is 18.7. The third kappa shape index (κ3) is 7.31. The van der Waals surface area contributed by atoms with Crippen LogP contribution in [-0.2, 0) is 23.0 Å². The predicted octanol–water partition coefficient (Wildman–Crippen LogP) is 6.67. The van der Waals surface area contributed by atoms with Gasteiger partial charge in [0.15, 0.2) is 0 Å². The molecule has 202 valence electrons. The SMILES string of the molecule is CS(=O)(=O)CCNCc1ccc(-c2cc3c(Nc4ccc(OCc5cccc(F)c5)c(Cl)c4)ncnc3s2)s1. The molecule has 0 amide bonds. The molecule has 2 N–H and O–H groups in total. The van der Waals surface area contributed by atoms with Gasteiger partial charge in [-0.15, -0.1) is 22.7 Å². The van der Waals surface area contributed by atoms with Crippen LogP contribution >= 0.6 is 34.3 Å². The Bertz CT molecular complexity index is 1720. The van der Waals surface area contributed by atoms with E-state index < -0.39 is 9.84 Å². The molecule has 12 heteroatoms. The van der Waals surface area contributed by atoms with Gasteiger partial charge in [0.05, 0.1) is 16.2 Å². The lowest BCUT2D eigenvalue weighted by Gasteiger charge is -2.11. The summed E-state index contributed by atoms with van der Waals surface area (Å²) in [6, 6.07) is 17.8. The van der Waals surface area contributed by atoms with Gasteiger partial charge in [-0.05, 0) is 54.1 Å². The summed E-state index contributed by atoms with van der Waals surface area (Å²) in [6.07, 6.45) is 2.76. The molecule has 0 radical (unpaired) electrons. The minimum absolute atomic E-state index is 0.117. The van der Waals surface area contributed by atoms with Gasteiger partial charge in [-0.3, -0.25) is 0 Å². The van der Waals surface area contributed by atoms with E-state index in [2.05, 4.69) is 32.7 Å². The largest absolute Gasteiger partial charge is 0.487 e. The topological polar surface area (TPSA) is 93.2 Å². The minimum atomic E-state index is -2.98. The number of nitrogens with zero attached hydrogens (tertiary/aromatic N) is 2. The summed E-state index contributed by atoms with van der Waals surface area (Å²) in [5.74, 6) is 0.960. The van der Waals surface area contributed by atoms with Crippen molar-refractivity contribution in [3.05, 3.63) is 88.3 Å². The maximum absolute atomic E-state index is 13.4. The molecule has 0 saturated heterocycles.